The van der Waals surface area contributed by atoms with E-state index in [4.69, 9.17) is 4.99 Å². The smallest absolute Gasteiger partial charge is 0.134 e. The fraction of sp³-hybridized carbons (Fsp3) is 0.0536. The van der Waals surface area contributed by atoms with Gasteiger partial charge in [0, 0.05) is 16.7 Å². The average molecular weight is 739 g/mol. The summed E-state index contributed by atoms with van der Waals surface area (Å²) in [6.07, 6.45) is 8.70. The predicted molar refractivity (Wildman–Crippen MR) is 238 cm³/mol. The molecule has 1 heterocycles. The maximum absolute atomic E-state index is 5.50. The molecule has 12 rings (SSSR count). The van der Waals surface area contributed by atoms with E-state index in [1.807, 2.05) is 0 Å². The number of nitrogens with one attached hydrogen (secondary N) is 1. The SMILES string of the molecule is C1=CC2=C(c3ccc4ccccc4c3)N=C(c3cccc(C4(c5ccccc5)c5ccccc5C5(c6ccccc6)c6ccccc6-c6cccc4c65)c3)NC2C=C1. The molecular weight excluding hydrogens is 701 g/mol. The van der Waals surface area contributed by atoms with E-state index < -0.39 is 10.8 Å². The normalized spacial score (nSPS) is 20.8. The van der Waals surface area contributed by atoms with Crippen molar-refractivity contribution in [3.63, 3.8) is 0 Å². The number of benzene rings is 8. The van der Waals surface area contributed by atoms with Crippen molar-refractivity contribution in [1.29, 1.82) is 0 Å². The lowest BCUT2D eigenvalue weighted by atomic mass is 9.51. The van der Waals surface area contributed by atoms with Gasteiger partial charge in [0.15, 0.2) is 0 Å². The predicted octanol–water partition coefficient (Wildman–Crippen LogP) is 12.2. The molecule has 2 nitrogen and oxygen atoms in total. The van der Waals surface area contributed by atoms with E-state index in [2.05, 4.69) is 224 Å². The number of allylic oxidation sites excluding steroid dienone is 2. The zero-order chi connectivity index (χ0) is 38.3. The zero-order valence-corrected chi connectivity index (χ0v) is 31.8. The Labute approximate surface area is 338 Å². The van der Waals surface area contributed by atoms with Gasteiger partial charge in [0.1, 0.15) is 5.84 Å². The Hall–Kier alpha value is -7.29. The van der Waals surface area contributed by atoms with E-state index in [1.165, 1.54) is 72.0 Å². The van der Waals surface area contributed by atoms with Crippen molar-refractivity contribution in [3.05, 3.63) is 280 Å². The van der Waals surface area contributed by atoms with Gasteiger partial charge < -0.3 is 5.32 Å². The second-order valence-electron chi connectivity index (χ2n) is 15.8. The van der Waals surface area contributed by atoms with Gasteiger partial charge in [-0.05, 0) is 78.5 Å². The topological polar surface area (TPSA) is 24.4 Å². The maximum Gasteiger partial charge on any atom is 0.134 e. The van der Waals surface area contributed by atoms with Gasteiger partial charge in [-0.15, -0.1) is 0 Å². The van der Waals surface area contributed by atoms with E-state index in [1.54, 1.807) is 0 Å². The molecule has 0 fully saturated rings. The van der Waals surface area contributed by atoms with Gasteiger partial charge in [0.2, 0.25) is 0 Å². The monoisotopic (exact) mass is 738 g/mol. The first kappa shape index (κ1) is 32.9. The summed E-state index contributed by atoms with van der Waals surface area (Å²) in [5.74, 6) is 0.871. The molecule has 1 aliphatic heterocycles. The summed E-state index contributed by atoms with van der Waals surface area (Å²) >= 11 is 0. The molecule has 3 aliphatic carbocycles. The van der Waals surface area contributed by atoms with Gasteiger partial charge in [0.25, 0.3) is 0 Å². The number of hydrogen-bond donors (Lipinski definition) is 1. The van der Waals surface area contributed by atoms with E-state index in [9.17, 15) is 0 Å². The summed E-state index contributed by atoms with van der Waals surface area (Å²) in [5, 5.41) is 6.29. The summed E-state index contributed by atoms with van der Waals surface area (Å²) < 4.78 is 0. The van der Waals surface area contributed by atoms with Crippen molar-refractivity contribution in [1.82, 2.24) is 5.32 Å². The molecule has 3 unspecified atom stereocenters. The number of amidine groups is 1. The van der Waals surface area contributed by atoms with Crippen molar-refractivity contribution in [2.45, 2.75) is 16.9 Å². The highest BCUT2D eigenvalue weighted by molar-refractivity contribution is 6.05. The Bertz CT molecular complexity index is 3090. The molecule has 272 valence electrons. The summed E-state index contributed by atoms with van der Waals surface area (Å²) in [6.45, 7) is 0. The first-order chi connectivity index (χ1) is 28.8. The third kappa shape index (κ3) is 4.46. The van der Waals surface area contributed by atoms with E-state index in [0.717, 1.165) is 22.7 Å². The number of hydrogen-bond acceptors (Lipinski definition) is 2. The molecule has 4 aliphatic rings. The van der Waals surface area contributed by atoms with Crippen LogP contribution in [-0.2, 0) is 10.8 Å². The van der Waals surface area contributed by atoms with Gasteiger partial charge in [0.05, 0.1) is 22.6 Å². The number of nitrogens with zero attached hydrogens (tertiary/aromatic N) is 1. The second-order valence-corrected chi connectivity index (χ2v) is 15.8. The standard InChI is InChI=1S/C56H38N2/c1-3-20-41(21-4-1)55(43-24-15-19-40(36-43)54-57-51-32-14-10-26-46(51)53(58-54)39-34-33-37-17-7-8-18-38(37)35-39)48-29-12-13-30-49(48)56(42-22-5-2-6-23-42)47-28-11-9-25-44(47)45-27-16-31-50(55)52(45)56/h1-36,51H,(H,57,58). The molecule has 0 amide bonds. The molecule has 0 bridgehead atoms. The molecule has 8 aromatic carbocycles. The van der Waals surface area contributed by atoms with Crippen LogP contribution in [0.1, 0.15) is 55.6 Å². The molecule has 0 saturated carbocycles. The zero-order valence-electron chi connectivity index (χ0n) is 31.8. The third-order valence-corrected chi connectivity index (χ3v) is 13.0. The van der Waals surface area contributed by atoms with Crippen molar-refractivity contribution in [2.24, 2.45) is 4.99 Å². The molecule has 0 saturated heterocycles. The highest BCUT2D eigenvalue weighted by Gasteiger charge is 2.57. The molecule has 3 atom stereocenters. The van der Waals surface area contributed by atoms with Crippen molar-refractivity contribution in [2.75, 3.05) is 0 Å². The fourth-order valence-corrected chi connectivity index (χ4v) is 10.7. The Kier molecular flexibility index (Phi) is 7.15. The lowest BCUT2D eigenvalue weighted by Gasteiger charge is -2.49. The van der Waals surface area contributed by atoms with Crippen molar-refractivity contribution < 1.29 is 0 Å². The Morgan fingerprint density at radius 2 is 1.05 bits per heavy atom. The van der Waals surface area contributed by atoms with Crippen LogP contribution in [0.3, 0.4) is 0 Å². The van der Waals surface area contributed by atoms with Gasteiger partial charge in [-0.3, -0.25) is 0 Å². The number of fused-ring (bicyclic) bond motifs is 7. The van der Waals surface area contributed by atoms with Gasteiger partial charge in [-0.25, -0.2) is 4.99 Å². The number of aliphatic imine (C=N–C) groups is 1. The fourth-order valence-electron chi connectivity index (χ4n) is 10.7. The Morgan fingerprint density at radius 3 is 1.86 bits per heavy atom. The van der Waals surface area contributed by atoms with E-state index in [-0.39, 0.29) is 6.04 Å². The highest BCUT2D eigenvalue weighted by Crippen LogP contribution is 2.65. The highest BCUT2D eigenvalue weighted by atomic mass is 15.1. The lowest BCUT2D eigenvalue weighted by molar-refractivity contribution is 0.626. The van der Waals surface area contributed by atoms with E-state index >= 15 is 0 Å². The van der Waals surface area contributed by atoms with Crippen LogP contribution in [0, 0.1) is 0 Å². The summed E-state index contributed by atoms with van der Waals surface area (Å²) in [6, 6.07) is 72.1. The van der Waals surface area contributed by atoms with Crippen LogP contribution in [0.2, 0.25) is 0 Å². The largest absolute Gasteiger partial charge is 0.359 e. The Morgan fingerprint density at radius 1 is 0.431 bits per heavy atom. The minimum atomic E-state index is -0.635. The summed E-state index contributed by atoms with van der Waals surface area (Å²) in [5.41, 5.74) is 16.2. The maximum atomic E-state index is 5.50. The minimum absolute atomic E-state index is 0.00324. The molecule has 0 radical (unpaired) electrons. The van der Waals surface area contributed by atoms with Crippen LogP contribution in [0.25, 0.3) is 27.6 Å². The number of rotatable bonds is 5. The van der Waals surface area contributed by atoms with Gasteiger partial charge in [-0.1, -0.05) is 206 Å². The lowest BCUT2D eigenvalue weighted by Crippen LogP contribution is -2.44. The van der Waals surface area contributed by atoms with Crippen LogP contribution in [0.15, 0.2) is 229 Å². The van der Waals surface area contributed by atoms with Crippen LogP contribution < -0.4 is 5.32 Å². The van der Waals surface area contributed by atoms with Gasteiger partial charge >= 0.3 is 0 Å². The molecule has 1 N–H and O–H groups in total. The van der Waals surface area contributed by atoms with E-state index in [0.29, 0.717) is 0 Å². The summed E-state index contributed by atoms with van der Waals surface area (Å²) in [4.78, 5) is 5.50. The van der Waals surface area contributed by atoms with Crippen LogP contribution >= 0.6 is 0 Å². The van der Waals surface area contributed by atoms with Crippen LogP contribution in [-0.4, -0.2) is 11.9 Å². The molecule has 0 aromatic heterocycles. The van der Waals surface area contributed by atoms with Crippen molar-refractivity contribution >= 4 is 22.3 Å². The quantitative estimate of drug-likeness (QED) is 0.187. The molecule has 8 aromatic rings. The second kappa shape index (κ2) is 12.6. The van der Waals surface area contributed by atoms with Crippen LogP contribution in [0.5, 0.6) is 0 Å². The first-order valence-electron chi connectivity index (χ1n) is 20.3. The molecular formula is C56H38N2. The Balaban J connectivity index is 1.13. The van der Waals surface area contributed by atoms with Crippen LogP contribution in [0.4, 0.5) is 0 Å². The summed E-state index contributed by atoms with van der Waals surface area (Å²) in [7, 11) is 0. The first-order valence-corrected chi connectivity index (χ1v) is 20.3. The minimum Gasteiger partial charge on any atom is -0.359 e. The molecule has 58 heavy (non-hydrogen) atoms. The van der Waals surface area contributed by atoms with Gasteiger partial charge in [-0.2, -0.15) is 0 Å². The average Bonchev–Trinajstić information content (AvgIpc) is 3.61. The van der Waals surface area contributed by atoms with Crippen molar-refractivity contribution in [3.8, 4) is 11.1 Å². The molecule has 2 heteroatoms. The molecule has 0 spiro atoms. The third-order valence-electron chi connectivity index (χ3n) is 13.0.